The minimum atomic E-state index is -0.880. The number of hydrogen-bond acceptors (Lipinski definition) is 5. The molecule has 1 aliphatic heterocycles. The van der Waals surface area contributed by atoms with Gasteiger partial charge in [0.25, 0.3) is 5.91 Å². The molecule has 0 spiro atoms. The average Bonchev–Trinajstić information content (AvgIpc) is 3.36. The minimum absolute atomic E-state index is 0.0441. The van der Waals surface area contributed by atoms with Crippen LogP contribution in [0.25, 0.3) is 0 Å². The number of nitrogens with zero attached hydrogens (tertiary/aromatic N) is 4. The molecule has 36 heavy (non-hydrogen) atoms. The molecule has 1 aromatic carbocycles. The summed E-state index contributed by atoms with van der Waals surface area (Å²) in [6.45, 7) is 6.98. The van der Waals surface area contributed by atoms with Crippen molar-refractivity contribution in [2.75, 3.05) is 11.4 Å². The maximum atomic E-state index is 14.1. The van der Waals surface area contributed by atoms with Crippen molar-refractivity contribution in [3.05, 3.63) is 59.9 Å². The Bertz CT molecular complexity index is 1080. The number of aromatic nitrogens is 1. The van der Waals surface area contributed by atoms with E-state index in [4.69, 9.17) is 0 Å². The van der Waals surface area contributed by atoms with Gasteiger partial charge in [-0.2, -0.15) is 5.26 Å². The Morgan fingerprint density at radius 3 is 2.42 bits per heavy atom. The number of likely N-dealkylation sites (tertiary alicyclic amines) is 1. The van der Waals surface area contributed by atoms with Crippen LogP contribution in [-0.2, 0) is 15.0 Å². The lowest BCUT2D eigenvalue weighted by atomic mass is 9.87. The Morgan fingerprint density at radius 1 is 1.08 bits per heavy atom. The van der Waals surface area contributed by atoms with Crippen LogP contribution in [0.2, 0.25) is 0 Å². The highest BCUT2D eigenvalue weighted by Gasteiger charge is 2.40. The molecule has 2 aromatic rings. The number of anilines is 1. The second kappa shape index (κ2) is 11.1. The van der Waals surface area contributed by atoms with Crippen LogP contribution in [0.3, 0.4) is 0 Å². The summed E-state index contributed by atoms with van der Waals surface area (Å²) >= 11 is 0. The Hall–Kier alpha value is -3.40. The maximum absolute atomic E-state index is 14.1. The molecule has 1 saturated carbocycles. The van der Waals surface area contributed by atoms with Crippen LogP contribution in [0.4, 0.5) is 5.69 Å². The molecule has 1 unspecified atom stereocenters. The Morgan fingerprint density at radius 2 is 1.81 bits per heavy atom. The second-order valence-electron chi connectivity index (χ2n) is 11.0. The van der Waals surface area contributed by atoms with Crippen LogP contribution in [0.1, 0.15) is 82.9 Å². The maximum Gasteiger partial charge on any atom is 0.251 e. The summed E-state index contributed by atoms with van der Waals surface area (Å²) in [7, 11) is 0. The molecule has 1 saturated heterocycles. The smallest absolute Gasteiger partial charge is 0.251 e. The van der Waals surface area contributed by atoms with Gasteiger partial charge in [-0.15, -0.1) is 0 Å². The summed E-state index contributed by atoms with van der Waals surface area (Å²) in [6.07, 6.45) is 12.1. The lowest BCUT2D eigenvalue weighted by molar-refractivity contribution is -0.128. The molecule has 2 heterocycles. The van der Waals surface area contributed by atoms with Gasteiger partial charge in [-0.3, -0.25) is 24.4 Å². The Kier molecular flexibility index (Phi) is 7.93. The first-order valence-electron chi connectivity index (χ1n) is 13.1. The third kappa shape index (κ3) is 5.70. The number of nitriles is 1. The molecule has 2 fully saturated rings. The predicted octanol–water partition coefficient (Wildman–Crippen LogP) is 4.85. The number of nitrogens with one attached hydrogen (secondary N) is 1. The van der Waals surface area contributed by atoms with Crippen molar-refractivity contribution >= 4 is 17.5 Å². The van der Waals surface area contributed by atoms with Crippen molar-refractivity contribution in [3.63, 3.8) is 0 Å². The van der Waals surface area contributed by atoms with Gasteiger partial charge in [-0.05, 0) is 54.9 Å². The van der Waals surface area contributed by atoms with Crippen molar-refractivity contribution in [3.8, 4) is 6.19 Å². The fourth-order valence-electron chi connectivity index (χ4n) is 5.31. The molecule has 1 N–H and O–H groups in total. The topological polar surface area (TPSA) is 89.3 Å². The molecule has 2 amide bonds. The van der Waals surface area contributed by atoms with E-state index in [9.17, 15) is 14.9 Å². The van der Waals surface area contributed by atoms with Crippen LogP contribution < -0.4 is 10.2 Å². The molecule has 1 aliphatic carbocycles. The second-order valence-corrected chi connectivity index (χ2v) is 11.0. The van der Waals surface area contributed by atoms with Gasteiger partial charge in [0.15, 0.2) is 6.19 Å². The molecule has 0 radical (unpaired) electrons. The number of pyridine rings is 1. The van der Waals surface area contributed by atoms with Gasteiger partial charge in [0.05, 0.1) is 0 Å². The van der Waals surface area contributed by atoms with Crippen molar-refractivity contribution in [1.82, 2.24) is 15.2 Å². The number of rotatable bonds is 6. The van der Waals surface area contributed by atoms with Crippen LogP contribution in [-0.4, -0.2) is 40.3 Å². The fraction of sp³-hybridized carbons (Fsp3) is 0.517. The summed E-state index contributed by atoms with van der Waals surface area (Å²) in [5.74, 6) is -0.435. The number of carbonyl (C=O) groups excluding carboxylic acids is 2. The first kappa shape index (κ1) is 25.7. The summed E-state index contributed by atoms with van der Waals surface area (Å²) in [4.78, 5) is 35.5. The van der Waals surface area contributed by atoms with E-state index >= 15 is 0 Å². The average molecular weight is 488 g/mol. The van der Waals surface area contributed by atoms with Gasteiger partial charge < -0.3 is 5.32 Å². The van der Waals surface area contributed by atoms with E-state index in [0.29, 0.717) is 24.2 Å². The minimum Gasteiger partial charge on any atom is -0.351 e. The molecule has 1 aromatic heterocycles. The highest BCUT2D eigenvalue weighted by atomic mass is 16.2. The van der Waals surface area contributed by atoms with E-state index in [1.807, 2.05) is 30.3 Å². The highest BCUT2D eigenvalue weighted by Crippen LogP contribution is 2.33. The standard InChI is InChI=1S/C29H37N5O2/c1-29(2,3)22-13-15-24(16-14-22)34(28(36)25-12-8-18-33(25)20-30)26(21-9-7-17-31-19-21)27(35)32-23-10-5-4-6-11-23/h7,9,13-17,19,23,25-26H,4-6,8,10-12,18H2,1-3H3,(H,32,35)/t25-,26?/m1/s1. The van der Waals surface area contributed by atoms with Crippen LogP contribution in [0.5, 0.6) is 0 Å². The largest absolute Gasteiger partial charge is 0.351 e. The SMILES string of the molecule is CC(C)(C)c1ccc(N(C(=O)[C@H]2CCCN2C#N)C(C(=O)NC2CCCCC2)c2cccnc2)cc1. The van der Waals surface area contributed by atoms with Crippen molar-refractivity contribution in [2.24, 2.45) is 0 Å². The van der Waals surface area contributed by atoms with Gasteiger partial charge in [0.1, 0.15) is 12.1 Å². The van der Waals surface area contributed by atoms with E-state index in [-0.39, 0.29) is 23.3 Å². The van der Waals surface area contributed by atoms with Gasteiger partial charge in [-0.25, -0.2) is 0 Å². The molecular formula is C29H37N5O2. The Balaban J connectivity index is 1.77. The normalized spacial score (nSPS) is 19.4. The van der Waals surface area contributed by atoms with Gasteiger partial charge in [-0.1, -0.05) is 58.2 Å². The zero-order valence-corrected chi connectivity index (χ0v) is 21.6. The summed E-state index contributed by atoms with van der Waals surface area (Å²) in [5, 5.41) is 12.9. The van der Waals surface area contributed by atoms with Crippen LogP contribution in [0, 0.1) is 11.5 Å². The monoisotopic (exact) mass is 487 g/mol. The van der Waals surface area contributed by atoms with E-state index in [0.717, 1.165) is 37.7 Å². The van der Waals surface area contributed by atoms with Crippen molar-refractivity contribution in [2.45, 2.75) is 89.3 Å². The molecular weight excluding hydrogens is 450 g/mol. The highest BCUT2D eigenvalue weighted by molar-refractivity contribution is 6.04. The number of amides is 2. The molecule has 2 aliphatic rings. The molecule has 0 bridgehead atoms. The number of carbonyl (C=O) groups is 2. The lowest BCUT2D eigenvalue weighted by Crippen LogP contribution is -2.51. The van der Waals surface area contributed by atoms with Crippen LogP contribution in [0.15, 0.2) is 48.8 Å². The summed E-state index contributed by atoms with van der Waals surface area (Å²) in [6, 6.07) is 10.2. The van der Waals surface area contributed by atoms with Gasteiger partial charge in [0, 0.05) is 36.2 Å². The molecule has 190 valence electrons. The molecule has 2 atom stereocenters. The fourth-order valence-corrected chi connectivity index (χ4v) is 5.31. The zero-order chi connectivity index (χ0) is 25.7. The lowest BCUT2D eigenvalue weighted by Gasteiger charge is -2.35. The third-order valence-electron chi connectivity index (χ3n) is 7.37. The number of hydrogen-bond donors (Lipinski definition) is 1. The van der Waals surface area contributed by atoms with E-state index in [2.05, 4.69) is 37.3 Å². The van der Waals surface area contributed by atoms with E-state index < -0.39 is 12.1 Å². The predicted molar refractivity (Wildman–Crippen MR) is 140 cm³/mol. The summed E-state index contributed by atoms with van der Waals surface area (Å²) in [5.41, 5.74) is 2.39. The molecule has 4 rings (SSSR count). The quantitative estimate of drug-likeness (QED) is 0.589. The first-order valence-corrected chi connectivity index (χ1v) is 13.1. The van der Waals surface area contributed by atoms with Crippen LogP contribution >= 0.6 is 0 Å². The first-order chi connectivity index (χ1) is 17.3. The Labute approximate surface area is 214 Å². The van der Waals surface area contributed by atoms with E-state index in [1.54, 1.807) is 23.4 Å². The van der Waals surface area contributed by atoms with E-state index in [1.165, 1.54) is 11.3 Å². The van der Waals surface area contributed by atoms with Crippen molar-refractivity contribution in [1.29, 1.82) is 5.26 Å². The number of benzene rings is 1. The summed E-state index contributed by atoms with van der Waals surface area (Å²) < 4.78 is 0. The zero-order valence-electron chi connectivity index (χ0n) is 21.6. The third-order valence-corrected chi connectivity index (χ3v) is 7.37. The van der Waals surface area contributed by atoms with Gasteiger partial charge in [0.2, 0.25) is 5.91 Å². The molecule has 7 nitrogen and oxygen atoms in total. The molecule has 7 heteroatoms. The van der Waals surface area contributed by atoms with Crippen molar-refractivity contribution < 1.29 is 9.59 Å². The van der Waals surface area contributed by atoms with Gasteiger partial charge >= 0.3 is 0 Å².